The van der Waals surface area contributed by atoms with Crippen LogP contribution in [0, 0.1) is 0 Å². The molecular formula is C14H21N3O3. The van der Waals surface area contributed by atoms with Gasteiger partial charge in [0.1, 0.15) is 5.75 Å². The van der Waals surface area contributed by atoms with Crippen LogP contribution in [0.3, 0.4) is 0 Å². The fourth-order valence-electron chi connectivity index (χ4n) is 1.65. The van der Waals surface area contributed by atoms with E-state index >= 15 is 0 Å². The molecule has 0 atom stereocenters. The van der Waals surface area contributed by atoms with Gasteiger partial charge in [0.05, 0.1) is 19.3 Å². The summed E-state index contributed by atoms with van der Waals surface area (Å²) < 4.78 is 5.19. The topological polar surface area (TPSA) is 79.5 Å². The van der Waals surface area contributed by atoms with Crippen LogP contribution in [0.4, 0.5) is 11.4 Å². The van der Waals surface area contributed by atoms with E-state index in [0.717, 1.165) is 13.0 Å². The van der Waals surface area contributed by atoms with Gasteiger partial charge in [0.2, 0.25) is 11.8 Å². The molecular weight excluding hydrogens is 258 g/mol. The second kappa shape index (κ2) is 8.16. The predicted octanol–water partition coefficient (Wildman–Crippen LogP) is 1.59. The predicted molar refractivity (Wildman–Crippen MR) is 79.1 cm³/mol. The van der Waals surface area contributed by atoms with Crippen LogP contribution in [0.2, 0.25) is 0 Å². The van der Waals surface area contributed by atoms with Crippen molar-refractivity contribution in [3.8, 4) is 5.75 Å². The second-order valence-corrected chi connectivity index (χ2v) is 4.32. The van der Waals surface area contributed by atoms with Crippen LogP contribution in [0.5, 0.6) is 5.75 Å². The number of methoxy groups -OCH3 is 1. The van der Waals surface area contributed by atoms with E-state index in [0.29, 0.717) is 17.1 Å². The molecule has 0 aromatic heterocycles. The summed E-state index contributed by atoms with van der Waals surface area (Å²) in [6.07, 6.45) is 0.979. The van der Waals surface area contributed by atoms with Gasteiger partial charge in [0.25, 0.3) is 0 Å². The first-order valence-corrected chi connectivity index (χ1v) is 6.53. The Kier molecular flexibility index (Phi) is 6.52. The highest BCUT2D eigenvalue weighted by molar-refractivity contribution is 5.94. The molecule has 6 nitrogen and oxygen atoms in total. The van der Waals surface area contributed by atoms with Crippen molar-refractivity contribution in [1.29, 1.82) is 0 Å². The number of carbonyl (C=O) groups is 2. The molecule has 3 N–H and O–H groups in total. The van der Waals surface area contributed by atoms with E-state index in [1.165, 1.54) is 14.0 Å². The van der Waals surface area contributed by atoms with Crippen LogP contribution in [0.15, 0.2) is 18.2 Å². The summed E-state index contributed by atoms with van der Waals surface area (Å²) in [5.41, 5.74) is 1.20. The van der Waals surface area contributed by atoms with E-state index in [-0.39, 0.29) is 18.4 Å². The molecule has 2 amide bonds. The average molecular weight is 279 g/mol. The Labute approximate surface area is 118 Å². The minimum atomic E-state index is -0.177. The zero-order valence-electron chi connectivity index (χ0n) is 12.1. The zero-order chi connectivity index (χ0) is 15.0. The summed E-state index contributed by atoms with van der Waals surface area (Å²) in [4.78, 5) is 22.7. The maximum absolute atomic E-state index is 11.7. The van der Waals surface area contributed by atoms with E-state index in [9.17, 15) is 9.59 Å². The summed E-state index contributed by atoms with van der Waals surface area (Å²) in [6.45, 7) is 4.53. The lowest BCUT2D eigenvalue weighted by Gasteiger charge is -2.12. The molecule has 6 heteroatoms. The summed E-state index contributed by atoms with van der Waals surface area (Å²) in [5, 5.41) is 8.44. The maximum atomic E-state index is 11.7. The van der Waals surface area contributed by atoms with Gasteiger partial charge in [0.15, 0.2) is 0 Å². The third-order valence-electron chi connectivity index (χ3n) is 2.51. The van der Waals surface area contributed by atoms with Crippen molar-refractivity contribution in [2.45, 2.75) is 20.3 Å². The molecule has 0 aliphatic heterocycles. The number of hydrogen-bond acceptors (Lipinski definition) is 4. The fourth-order valence-corrected chi connectivity index (χ4v) is 1.65. The van der Waals surface area contributed by atoms with Gasteiger partial charge in [-0.3, -0.25) is 9.59 Å². The molecule has 0 aliphatic rings. The van der Waals surface area contributed by atoms with Gasteiger partial charge in [-0.1, -0.05) is 6.92 Å². The van der Waals surface area contributed by atoms with Crippen molar-refractivity contribution < 1.29 is 14.3 Å². The van der Waals surface area contributed by atoms with Crippen molar-refractivity contribution in [2.24, 2.45) is 0 Å². The molecule has 0 heterocycles. The number of hydrogen-bond donors (Lipinski definition) is 3. The van der Waals surface area contributed by atoms with Crippen LogP contribution in [0.25, 0.3) is 0 Å². The van der Waals surface area contributed by atoms with Crippen LogP contribution in [-0.2, 0) is 9.59 Å². The van der Waals surface area contributed by atoms with Gasteiger partial charge in [0, 0.05) is 18.7 Å². The maximum Gasteiger partial charge on any atom is 0.238 e. The van der Waals surface area contributed by atoms with Crippen molar-refractivity contribution in [3.05, 3.63) is 18.2 Å². The lowest BCUT2D eigenvalue weighted by Crippen LogP contribution is -2.28. The van der Waals surface area contributed by atoms with E-state index in [1.807, 2.05) is 6.92 Å². The number of amides is 2. The van der Waals surface area contributed by atoms with Crippen LogP contribution < -0.4 is 20.7 Å². The van der Waals surface area contributed by atoms with Crippen molar-refractivity contribution in [2.75, 3.05) is 30.8 Å². The molecule has 110 valence electrons. The van der Waals surface area contributed by atoms with Gasteiger partial charge in [-0.25, -0.2) is 0 Å². The second-order valence-electron chi connectivity index (χ2n) is 4.32. The third kappa shape index (κ3) is 5.27. The van der Waals surface area contributed by atoms with E-state index in [1.54, 1.807) is 18.2 Å². The highest BCUT2D eigenvalue weighted by atomic mass is 16.5. The number of benzene rings is 1. The first-order valence-electron chi connectivity index (χ1n) is 6.53. The van der Waals surface area contributed by atoms with Gasteiger partial charge in [-0.15, -0.1) is 0 Å². The summed E-state index contributed by atoms with van der Waals surface area (Å²) in [7, 11) is 1.51. The zero-order valence-corrected chi connectivity index (χ0v) is 12.1. The SMILES string of the molecule is CCCNCC(=O)Nc1ccc(NC(C)=O)c(OC)c1. The molecule has 0 aliphatic carbocycles. The molecule has 0 unspecified atom stereocenters. The summed E-state index contributed by atoms with van der Waals surface area (Å²) in [5.74, 6) is 0.205. The minimum Gasteiger partial charge on any atom is -0.494 e. The fraction of sp³-hybridized carbons (Fsp3) is 0.429. The highest BCUT2D eigenvalue weighted by Gasteiger charge is 2.07. The van der Waals surface area contributed by atoms with Gasteiger partial charge >= 0.3 is 0 Å². The van der Waals surface area contributed by atoms with Gasteiger partial charge in [-0.05, 0) is 25.1 Å². The molecule has 0 saturated heterocycles. The molecule has 20 heavy (non-hydrogen) atoms. The first-order chi connectivity index (χ1) is 9.56. The van der Waals surface area contributed by atoms with Crippen LogP contribution >= 0.6 is 0 Å². The highest BCUT2D eigenvalue weighted by Crippen LogP contribution is 2.27. The van der Waals surface area contributed by atoms with Crippen molar-refractivity contribution in [1.82, 2.24) is 5.32 Å². The number of anilines is 2. The Balaban J connectivity index is 2.67. The van der Waals surface area contributed by atoms with Crippen molar-refractivity contribution >= 4 is 23.2 Å². The average Bonchev–Trinajstić information content (AvgIpc) is 2.40. The Morgan fingerprint density at radius 1 is 1.25 bits per heavy atom. The lowest BCUT2D eigenvalue weighted by molar-refractivity contribution is -0.115. The monoisotopic (exact) mass is 279 g/mol. The molecule has 1 aromatic rings. The van der Waals surface area contributed by atoms with Crippen LogP contribution in [-0.4, -0.2) is 32.0 Å². The first kappa shape index (κ1) is 16.0. The number of rotatable bonds is 7. The lowest BCUT2D eigenvalue weighted by atomic mass is 10.2. The van der Waals surface area contributed by atoms with Crippen LogP contribution in [0.1, 0.15) is 20.3 Å². The standard InChI is InChI=1S/C14H21N3O3/c1-4-7-15-9-14(19)17-11-5-6-12(16-10(2)18)13(8-11)20-3/h5-6,8,15H,4,7,9H2,1-3H3,(H,16,18)(H,17,19). The third-order valence-corrected chi connectivity index (χ3v) is 2.51. The number of carbonyl (C=O) groups excluding carboxylic acids is 2. The Hall–Kier alpha value is -2.08. The largest absolute Gasteiger partial charge is 0.494 e. The van der Waals surface area contributed by atoms with Crippen molar-refractivity contribution in [3.63, 3.8) is 0 Å². The van der Waals surface area contributed by atoms with Gasteiger partial charge in [-0.2, -0.15) is 0 Å². The molecule has 1 rings (SSSR count). The molecule has 0 radical (unpaired) electrons. The quantitative estimate of drug-likeness (QED) is 0.662. The molecule has 0 fully saturated rings. The molecule has 0 bridgehead atoms. The minimum absolute atomic E-state index is 0.118. The van der Waals surface area contributed by atoms with E-state index in [4.69, 9.17) is 4.74 Å². The summed E-state index contributed by atoms with van der Waals surface area (Å²) >= 11 is 0. The van der Waals surface area contributed by atoms with E-state index in [2.05, 4.69) is 16.0 Å². The smallest absolute Gasteiger partial charge is 0.238 e. The van der Waals surface area contributed by atoms with Gasteiger partial charge < -0.3 is 20.7 Å². The molecule has 1 aromatic carbocycles. The summed E-state index contributed by atoms with van der Waals surface area (Å²) in [6, 6.07) is 5.07. The normalized spacial score (nSPS) is 9.95. The molecule has 0 spiro atoms. The molecule has 0 saturated carbocycles. The Morgan fingerprint density at radius 3 is 2.60 bits per heavy atom. The Bertz CT molecular complexity index is 475. The Morgan fingerprint density at radius 2 is 2.00 bits per heavy atom. The van der Waals surface area contributed by atoms with E-state index < -0.39 is 0 Å². The number of nitrogens with one attached hydrogen (secondary N) is 3. The number of ether oxygens (including phenoxy) is 1.